The first kappa shape index (κ1) is 19.3. The molecule has 2 atom stereocenters. The molecule has 0 aliphatic carbocycles. The van der Waals surface area contributed by atoms with Crippen LogP contribution in [0.2, 0.25) is 0 Å². The van der Waals surface area contributed by atoms with Gasteiger partial charge >= 0.3 is 0 Å². The lowest BCUT2D eigenvalue weighted by Crippen LogP contribution is -2.54. The van der Waals surface area contributed by atoms with Crippen molar-refractivity contribution in [1.82, 2.24) is 15.1 Å². The van der Waals surface area contributed by atoms with Crippen LogP contribution in [0.5, 0.6) is 0 Å². The summed E-state index contributed by atoms with van der Waals surface area (Å²) in [5.74, 6) is 3.57. The molecule has 3 heterocycles. The van der Waals surface area contributed by atoms with Gasteiger partial charge in [-0.2, -0.15) is 11.8 Å². The van der Waals surface area contributed by atoms with Gasteiger partial charge in [-0.1, -0.05) is 0 Å². The zero-order chi connectivity index (χ0) is 17.8. The molecular weight excluding hydrogens is 332 g/mol. The van der Waals surface area contributed by atoms with Crippen LogP contribution in [0.15, 0.2) is 4.99 Å². The van der Waals surface area contributed by atoms with E-state index >= 15 is 0 Å². The molecule has 3 fully saturated rings. The van der Waals surface area contributed by atoms with Gasteiger partial charge in [0, 0.05) is 42.9 Å². The van der Waals surface area contributed by atoms with Gasteiger partial charge in [-0.15, -0.1) is 0 Å². The largest absolute Gasteiger partial charge is 0.381 e. The van der Waals surface area contributed by atoms with E-state index in [1.54, 1.807) is 0 Å². The van der Waals surface area contributed by atoms with Crippen LogP contribution < -0.4 is 5.32 Å². The predicted octanol–water partition coefficient (Wildman–Crippen LogP) is 2.28. The Morgan fingerprint density at radius 2 is 2.12 bits per heavy atom. The summed E-state index contributed by atoms with van der Waals surface area (Å²) in [6.07, 6.45) is 6.32. The van der Waals surface area contributed by atoms with E-state index < -0.39 is 0 Å². The molecule has 3 saturated heterocycles. The van der Waals surface area contributed by atoms with Gasteiger partial charge in [-0.3, -0.25) is 4.99 Å². The Labute approximate surface area is 157 Å². The van der Waals surface area contributed by atoms with Crippen molar-refractivity contribution in [3.05, 3.63) is 0 Å². The van der Waals surface area contributed by atoms with E-state index in [2.05, 4.69) is 47.9 Å². The summed E-state index contributed by atoms with van der Waals surface area (Å²) in [6, 6.07) is 0. The Kier molecular flexibility index (Phi) is 6.55. The zero-order valence-electron chi connectivity index (χ0n) is 16.4. The van der Waals surface area contributed by atoms with Crippen molar-refractivity contribution in [3.8, 4) is 0 Å². The number of piperidine rings is 1. The number of nitrogens with one attached hydrogen (secondary N) is 1. The molecule has 6 heteroatoms. The van der Waals surface area contributed by atoms with Crippen LogP contribution in [0.1, 0.15) is 39.0 Å². The van der Waals surface area contributed by atoms with Gasteiger partial charge in [-0.25, -0.2) is 0 Å². The van der Waals surface area contributed by atoms with E-state index in [0.29, 0.717) is 5.41 Å². The average Bonchev–Trinajstić information content (AvgIpc) is 3.10. The molecule has 3 aliphatic rings. The van der Waals surface area contributed by atoms with E-state index in [-0.39, 0.29) is 5.54 Å². The molecule has 1 N–H and O–H groups in total. The number of aliphatic imine (C=N–C) groups is 1. The number of likely N-dealkylation sites (tertiary alicyclic amines) is 1. The number of guanidine groups is 1. The van der Waals surface area contributed by atoms with Crippen molar-refractivity contribution in [1.29, 1.82) is 0 Å². The van der Waals surface area contributed by atoms with E-state index in [1.165, 1.54) is 43.6 Å². The Bertz CT molecular complexity index is 451. The van der Waals surface area contributed by atoms with Crippen LogP contribution >= 0.6 is 11.8 Å². The average molecular weight is 369 g/mol. The second kappa shape index (κ2) is 8.49. The lowest BCUT2D eigenvalue weighted by Gasteiger charge is -2.46. The van der Waals surface area contributed by atoms with Crippen molar-refractivity contribution in [3.63, 3.8) is 0 Å². The lowest BCUT2D eigenvalue weighted by atomic mass is 9.76. The molecule has 25 heavy (non-hydrogen) atoms. The third-order valence-electron chi connectivity index (χ3n) is 6.25. The third-order valence-corrected chi connectivity index (χ3v) is 7.49. The van der Waals surface area contributed by atoms with Gasteiger partial charge in [0.1, 0.15) is 0 Å². The molecule has 2 unspecified atom stereocenters. The maximum atomic E-state index is 5.84. The summed E-state index contributed by atoms with van der Waals surface area (Å²) in [6.45, 7) is 8.10. The molecule has 0 aromatic carbocycles. The van der Waals surface area contributed by atoms with Gasteiger partial charge in [0.25, 0.3) is 0 Å². The molecule has 0 bridgehead atoms. The predicted molar refractivity (Wildman–Crippen MR) is 108 cm³/mol. The second-order valence-corrected chi connectivity index (χ2v) is 9.38. The fourth-order valence-corrected chi connectivity index (χ4v) is 6.03. The Hall–Kier alpha value is -0.460. The molecule has 1 spiro atoms. The fourth-order valence-electron chi connectivity index (χ4n) is 4.48. The molecule has 0 radical (unpaired) electrons. The Morgan fingerprint density at radius 1 is 1.28 bits per heavy atom. The van der Waals surface area contributed by atoms with E-state index in [1.807, 2.05) is 0 Å². The highest BCUT2D eigenvalue weighted by atomic mass is 32.2. The van der Waals surface area contributed by atoms with E-state index in [9.17, 15) is 0 Å². The van der Waals surface area contributed by atoms with Crippen LogP contribution in [0.4, 0.5) is 0 Å². The number of likely N-dealkylation sites (N-methyl/N-ethyl adjacent to an activating group) is 1. The number of hydrogen-bond acceptors (Lipinski definition) is 4. The van der Waals surface area contributed by atoms with Gasteiger partial charge in [0.2, 0.25) is 0 Å². The van der Waals surface area contributed by atoms with Crippen LogP contribution in [-0.4, -0.2) is 86.3 Å². The minimum atomic E-state index is 0.229. The minimum absolute atomic E-state index is 0.229. The maximum Gasteiger partial charge on any atom is 0.194 e. The molecule has 3 aliphatic heterocycles. The summed E-state index contributed by atoms with van der Waals surface area (Å²) in [5, 5.41) is 3.56. The summed E-state index contributed by atoms with van der Waals surface area (Å²) < 4.78 is 5.84. The fraction of sp³-hybridized carbons (Fsp3) is 0.947. The van der Waals surface area contributed by atoms with Crippen molar-refractivity contribution in [2.75, 3.05) is 65.0 Å². The minimum Gasteiger partial charge on any atom is -0.381 e. The van der Waals surface area contributed by atoms with Gasteiger partial charge in [0.15, 0.2) is 5.96 Å². The first-order valence-corrected chi connectivity index (χ1v) is 11.1. The normalized spacial score (nSPS) is 34.1. The maximum absolute atomic E-state index is 5.84. The van der Waals surface area contributed by atoms with E-state index in [0.717, 1.165) is 45.4 Å². The lowest BCUT2D eigenvalue weighted by molar-refractivity contribution is -0.0370. The van der Waals surface area contributed by atoms with Crippen LogP contribution in [0.3, 0.4) is 0 Å². The SMILES string of the molecule is CCNC(=NCC1(N(C)C)CCSC1)N1CCCC2(CCCOC2)C1. The highest BCUT2D eigenvalue weighted by Gasteiger charge is 2.39. The quantitative estimate of drug-likeness (QED) is 0.609. The molecule has 0 saturated carbocycles. The summed E-state index contributed by atoms with van der Waals surface area (Å²) in [4.78, 5) is 10.0. The topological polar surface area (TPSA) is 40.1 Å². The van der Waals surface area contributed by atoms with Crippen molar-refractivity contribution in [2.24, 2.45) is 10.4 Å². The molecule has 0 aromatic rings. The molecular formula is C19H36N4OS. The van der Waals surface area contributed by atoms with Crippen LogP contribution in [0.25, 0.3) is 0 Å². The Morgan fingerprint density at radius 3 is 2.76 bits per heavy atom. The number of ether oxygens (including phenoxy) is 1. The molecule has 0 aromatic heterocycles. The zero-order valence-corrected chi connectivity index (χ0v) is 17.2. The van der Waals surface area contributed by atoms with Gasteiger partial charge in [-0.05, 0) is 58.9 Å². The third kappa shape index (κ3) is 4.45. The van der Waals surface area contributed by atoms with Crippen molar-refractivity contribution < 1.29 is 4.74 Å². The molecule has 3 rings (SSSR count). The van der Waals surface area contributed by atoms with Crippen LogP contribution in [0, 0.1) is 5.41 Å². The number of thioether (sulfide) groups is 1. The van der Waals surface area contributed by atoms with Crippen molar-refractivity contribution >= 4 is 17.7 Å². The standard InChI is InChI=1S/C19H36N4OS/c1-4-20-17(21-13-19(22(2)3)9-12-25-16-19)23-10-5-7-18(14-23)8-6-11-24-15-18/h4-16H2,1-3H3,(H,20,21). The first-order valence-electron chi connectivity index (χ1n) is 9.95. The molecule has 0 amide bonds. The molecule has 5 nitrogen and oxygen atoms in total. The summed E-state index contributed by atoms with van der Waals surface area (Å²) in [7, 11) is 4.42. The number of hydrogen-bond donors (Lipinski definition) is 1. The number of rotatable bonds is 4. The van der Waals surface area contributed by atoms with Crippen LogP contribution in [-0.2, 0) is 4.74 Å². The Balaban J connectivity index is 1.71. The highest BCUT2D eigenvalue weighted by molar-refractivity contribution is 7.99. The highest BCUT2D eigenvalue weighted by Crippen LogP contribution is 2.37. The number of nitrogens with zero attached hydrogens (tertiary/aromatic N) is 3. The summed E-state index contributed by atoms with van der Waals surface area (Å²) in [5.41, 5.74) is 0.585. The van der Waals surface area contributed by atoms with Crippen molar-refractivity contribution in [2.45, 2.75) is 44.6 Å². The first-order chi connectivity index (χ1) is 12.1. The summed E-state index contributed by atoms with van der Waals surface area (Å²) >= 11 is 2.07. The smallest absolute Gasteiger partial charge is 0.194 e. The van der Waals surface area contributed by atoms with Gasteiger partial charge in [0.05, 0.1) is 13.2 Å². The monoisotopic (exact) mass is 368 g/mol. The molecule has 144 valence electrons. The second-order valence-electron chi connectivity index (χ2n) is 8.27. The van der Waals surface area contributed by atoms with Gasteiger partial charge < -0.3 is 19.9 Å². The van der Waals surface area contributed by atoms with E-state index in [4.69, 9.17) is 9.73 Å².